The molecular weight excluding hydrogens is 421 g/mol. The number of rotatable bonds is 4. The molecule has 11 heteroatoms. The van der Waals surface area contributed by atoms with Crippen molar-refractivity contribution >= 4 is 59.8 Å². The molecule has 0 saturated heterocycles. The molecule has 0 aliphatic heterocycles. The van der Waals surface area contributed by atoms with E-state index in [2.05, 4.69) is 9.71 Å². The Kier molecular flexibility index (Phi) is 4.84. The van der Waals surface area contributed by atoms with Gasteiger partial charge < -0.3 is 0 Å². The lowest BCUT2D eigenvalue weighted by molar-refractivity contribution is 0.597. The molecule has 3 aromatic rings. The molecule has 3 rings (SSSR count). The van der Waals surface area contributed by atoms with Gasteiger partial charge >= 0.3 is 0 Å². The van der Waals surface area contributed by atoms with E-state index in [9.17, 15) is 16.8 Å². The fourth-order valence-electron chi connectivity index (χ4n) is 2.22. The molecule has 7 nitrogen and oxygen atoms in total. The second kappa shape index (κ2) is 6.67. The zero-order valence-electron chi connectivity index (χ0n) is 12.8. The summed E-state index contributed by atoms with van der Waals surface area (Å²) in [6.45, 7) is 0. The molecule has 0 radical (unpaired) electrons. The van der Waals surface area contributed by atoms with Crippen molar-refractivity contribution in [2.45, 2.75) is 9.79 Å². The van der Waals surface area contributed by atoms with Gasteiger partial charge in [0, 0.05) is 22.3 Å². The first-order valence-electron chi connectivity index (χ1n) is 6.97. The highest BCUT2D eigenvalue weighted by Gasteiger charge is 2.21. The molecule has 0 saturated carbocycles. The normalized spacial score (nSPS) is 12.3. The van der Waals surface area contributed by atoms with E-state index >= 15 is 0 Å². The highest BCUT2D eigenvalue weighted by Crippen LogP contribution is 2.31. The van der Waals surface area contributed by atoms with Crippen LogP contribution in [0.2, 0.25) is 10.0 Å². The molecule has 3 N–H and O–H groups in total. The highest BCUT2D eigenvalue weighted by atomic mass is 35.5. The Labute approximate surface area is 159 Å². The standard InChI is InChI=1S/C15H11Cl2N3O4S2/c16-9-1-6-13-12(7-9)15(17)14(8-19-13)26(23,24)20-10-2-4-11(5-3-10)25(18,21)22/h1-8,20H,(H2,18,21,22). The van der Waals surface area contributed by atoms with Crippen LogP contribution in [-0.2, 0) is 20.0 Å². The average molecular weight is 432 g/mol. The number of benzene rings is 2. The molecule has 2 aromatic carbocycles. The molecule has 136 valence electrons. The summed E-state index contributed by atoms with van der Waals surface area (Å²) in [5.41, 5.74) is 0.635. The largest absolute Gasteiger partial charge is 0.280 e. The van der Waals surface area contributed by atoms with Crippen LogP contribution in [0, 0.1) is 0 Å². The number of nitrogens with zero attached hydrogens (tertiary/aromatic N) is 1. The summed E-state index contributed by atoms with van der Waals surface area (Å²) in [7, 11) is -7.94. The van der Waals surface area contributed by atoms with Gasteiger partial charge in [-0.25, -0.2) is 22.0 Å². The zero-order valence-corrected chi connectivity index (χ0v) is 16.0. The number of anilines is 1. The van der Waals surface area contributed by atoms with Gasteiger partial charge in [-0.05, 0) is 42.5 Å². The van der Waals surface area contributed by atoms with E-state index in [1.54, 1.807) is 12.1 Å². The number of pyridine rings is 1. The molecule has 0 aliphatic carbocycles. The Hall–Kier alpha value is -1.91. The monoisotopic (exact) mass is 431 g/mol. The van der Waals surface area contributed by atoms with E-state index in [0.717, 1.165) is 6.20 Å². The molecule has 0 aliphatic rings. The lowest BCUT2D eigenvalue weighted by atomic mass is 10.2. The van der Waals surface area contributed by atoms with Gasteiger partial charge in [0.05, 0.1) is 15.4 Å². The second-order valence-electron chi connectivity index (χ2n) is 5.27. The number of aromatic nitrogens is 1. The van der Waals surface area contributed by atoms with Crippen LogP contribution in [0.5, 0.6) is 0 Å². The summed E-state index contributed by atoms with van der Waals surface area (Å²) >= 11 is 12.2. The maximum Gasteiger partial charge on any atom is 0.264 e. The molecule has 0 fully saturated rings. The molecule has 0 amide bonds. The molecule has 1 heterocycles. The van der Waals surface area contributed by atoms with Crippen molar-refractivity contribution in [3.05, 3.63) is 58.7 Å². The van der Waals surface area contributed by atoms with E-state index in [4.69, 9.17) is 28.3 Å². The summed E-state index contributed by atoms with van der Waals surface area (Å²) in [6.07, 6.45) is 1.14. The SMILES string of the molecule is NS(=O)(=O)c1ccc(NS(=O)(=O)c2cnc3ccc(Cl)cc3c2Cl)cc1. The minimum Gasteiger partial charge on any atom is -0.280 e. The molecule has 26 heavy (non-hydrogen) atoms. The highest BCUT2D eigenvalue weighted by molar-refractivity contribution is 7.92. The number of primary sulfonamides is 1. The van der Waals surface area contributed by atoms with Gasteiger partial charge in [0.25, 0.3) is 10.0 Å². The van der Waals surface area contributed by atoms with E-state index in [-0.39, 0.29) is 20.5 Å². The summed E-state index contributed by atoms with van der Waals surface area (Å²) in [6, 6.07) is 9.69. The van der Waals surface area contributed by atoms with Crippen LogP contribution in [0.25, 0.3) is 10.9 Å². The van der Waals surface area contributed by atoms with Gasteiger partial charge in [0.1, 0.15) is 4.90 Å². The zero-order chi connectivity index (χ0) is 19.1. The summed E-state index contributed by atoms with van der Waals surface area (Å²) < 4.78 is 50.1. The molecule has 0 unspecified atom stereocenters. The van der Waals surface area contributed by atoms with Crippen LogP contribution in [0.1, 0.15) is 0 Å². The smallest absolute Gasteiger partial charge is 0.264 e. The molecule has 0 bridgehead atoms. The van der Waals surface area contributed by atoms with E-state index in [1.807, 2.05) is 0 Å². The van der Waals surface area contributed by atoms with Crippen LogP contribution < -0.4 is 9.86 Å². The van der Waals surface area contributed by atoms with Crippen molar-refractivity contribution in [2.24, 2.45) is 5.14 Å². The first-order chi connectivity index (χ1) is 12.1. The van der Waals surface area contributed by atoms with Crippen molar-refractivity contribution in [1.29, 1.82) is 0 Å². The number of nitrogens with one attached hydrogen (secondary N) is 1. The number of sulfonamides is 2. The van der Waals surface area contributed by atoms with Crippen molar-refractivity contribution in [3.8, 4) is 0 Å². The van der Waals surface area contributed by atoms with Gasteiger partial charge in [0.15, 0.2) is 0 Å². The van der Waals surface area contributed by atoms with Crippen LogP contribution in [0.4, 0.5) is 5.69 Å². The lowest BCUT2D eigenvalue weighted by Crippen LogP contribution is -2.15. The molecular formula is C15H11Cl2N3O4S2. The van der Waals surface area contributed by atoms with Crippen molar-refractivity contribution < 1.29 is 16.8 Å². The minimum absolute atomic E-state index is 0.0221. The maximum absolute atomic E-state index is 12.6. The third-order valence-electron chi connectivity index (χ3n) is 3.46. The number of halogens is 2. The number of fused-ring (bicyclic) bond motifs is 1. The predicted octanol–water partition coefficient (Wildman–Crippen LogP) is 2.99. The predicted molar refractivity (Wildman–Crippen MR) is 100 cm³/mol. The summed E-state index contributed by atoms with van der Waals surface area (Å²) in [5.74, 6) is 0. The van der Waals surface area contributed by atoms with Gasteiger partial charge in [-0.15, -0.1) is 0 Å². The Morgan fingerprint density at radius 1 is 0.962 bits per heavy atom. The van der Waals surface area contributed by atoms with E-state index < -0.39 is 20.0 Å². The summed E-state index contributed by atoms with van der Waals surface area (Å²) in [5, 5.41) is 5.77. The Morgan fingerprint density at radius 3 is 2.23 bits per heavy atom. The maximum atomic E-state index is 12.6. The lowest BCUT2D eigenvalue weighted by Gasteiger charge is -2.11. The Bertz CT molecular complexity index is 1210. The molecule has 0 spiro atoms. The number of nitrogens with two attached hydrogens (primary N) is 1. The Balaban J connectivity index is 2.01. The van der Waals surface area contributed by atoms with Gasteiger partial charge in [0.2, 0.25) is 10.0 Å². The van der Waals surface area contributed by atoms with Crippen LogP contribution in [-0.4, -0.2) is 21.8 Å². The number of hydrogen-bond donors (Lipinski definition) is 2. The van der Waals surface area contributed by atoms with Gasteiger partial charge in [-0.1, -0.05) is 23.2 Å². The molecule has 0 atom stereocenters. The third-order valence-corrected chi connectivity index (χ3v) is 6.53. The van der Waals surface area contributed by atoms with Gasteiger partial charge in [-0.3, -0.25) is 9.71 Å². The van der Waals surface area contributed by atoms with E-state index in [1.165, 1.54) is 30.3 Å². The fraction of sp³-hybridized carbons (Fsp3) is 0. The quantitative estimate of drug-likeness (QED) is 0.657. The Morgan fingerprint density at radius 2 is 1.62 bits per heavy atom. The topological polar surface area (TPSA) is 119 Å². The van der Waals surface area contributed by atoms with Crippen molar-refractivity contribution in [3.63, 3.8) is 0 Å². The minimum atomic E-state index is -4.06. The van der Waals surface area contributed by atoms with Crippen LogP contribution in [0.3, 0.4) is 0 Å². The average Bonchev–Trinajstić information content (AvgIpc) is 2.54. The molecule has 1 aromatic heterocycles. The summed E-state index contributed by atoms with van der Waals surface area (Å²) in [4.78, 5) is 3.71. The van der Waals surface area contributed by atoms with Crippen LogP contribution in [0.15, 0.2) is 58.5 Å². The first-order valence-corrected chi connectivity index (χ1v) is 10.8. The number of hydrogen-bond acceptors (Lipinski definition) is 5. The van der Waals surface area contributed by atoms with Gasteiger partial charge in [-0.2, -0.15) is 0 Å². The van der Waals surface area contributed by atoms with Crippen molar-refractivity contribution in [2.75, 3.05) is 4.72 Å². The third kappa shape index (κ3) is 3.76. The second-order valence-corrected chi connectivity index (χ2v) is 9.30. The fourth-order valence-corrected chi connectivity index (χ4v) is 4.51. The van der Waals surface area contributed by atoms with Crippen LogP contribution >= 0.6 is 23.2 Å². The first kappa shape index (κ1) is 18.9. The van der Waals surface area contributed by atoms with Crippen molar-refractivity contribution in [1.82, 2.24) is 4.98 Å². The van der Waals surface area contributed by atoms with E-state index in [0.29, 0.717) is 15.9 Å².